The van der Waals surface area contributed by atoms with E-state index in [2.05, 4.69) is 31.1 Å². The van der Waals surface area contributed by atoms with E-state index in [9.17, 15) is 9.18 Å². The van der Waals surface area contributed by atoms with Crippen LogP contribution in [-0.4, -0.2) is 67.1 Å². The van der Waals surface area contributed by atoms with Crippen LogP contribution in [0.2, 0.25) is 0 Å². The molecule has 1 N–H and O–H groups in total. The molecule has 1 aromatic carbocycles. The minimum Gasteiger partial charge on any atom is -0.368 e. The molecule has 0 spiro atoms. The van der Waals surface area contributed by atoms with Crippen molar-refractivity contribution < 1.29 is 13.9 Å². The maximum absolute atomic E-state index is 14.0. The third-order valence-corrected chi connectivity index (χ3v) is 5.33. The van der Waals surface area contributed by atoms with Crippen molar-refractivity contribution in [2.75, 3.05) is 39.3 Å². The van der Waals surface area contributed by atoms with E-state index in [1.165, 1.54) is 6.07 Å². The summed E-state index contributed by atoms with van der Waals surface area (Å²) in [6.07, 6.45) is 1.51. The number of carbonyl (C=O) groups is 1. The van der Waals surface area contributed by atoms with Gasteiger partial charge in [0.15, 0.2) is 5.96 Å². The lowest BCUT2D eigenvalue weighted by Crippen LogP contribution is -2.55. The summed E-state index contributed by atoms with van der Waals surface area (Å²) >= 11 is 3.37. The number of aliphatic imine (C=N–C) groups is 1. The van der Waals surface area contributed by atoms with E-state index >= 15 is 0 Å². The standard InChI is InChI=1S/C19H26BrFN4O2.HI/c1-2-22-19(23-13-14-12-15(20)5-6-16(14)21)25-9-7-24(8-10-25)18(26)17-4-3-11-27-17;/h5-6,12,17H,2-4,7-11,13H2,1H3,(H,22,23);1H. The molecule has 0 aromatic heterocycles. The zero-order valence-electron chi connectivity index (χ0n) is 16.0. The quantitative estimate of drug-likeness (QED) is 0.345. The van der Waals surface area contributed by atoms with Crippen LogP contribution >= 0.6 is 39.9 Å². The number of ether oxygens (including phenoxy) is 1. The van der Waals surface area contributed by atoms with Gasteiger partial charge in [-0.1, -0.05) is 15.9 Å². The molecule has 2 aliphatic heterocycles. The van der Waals surface area contributed by atoms with Crippen LogP contribution in [0, 0.1) is 5.82 Å². The molecule has 1 amide bonds. The molecule has 0 bridgehead atoms. The first kappa shape index (κ1) is 23.3. The predicted molar refractivity (Wildman–Crippen MR) is 121 cm³/mol. The van der Waals surface area contributed by atoms with Crippen LogP contribution in [0.3, 0.4) is 0 Å². The molecule has 9 heteroatoms. The minimum atomic E-state index is -0.266. The van der Waals surface area contributed by atoms with E-state index in [0.29, 0.717) is 38.3 Å². The van der Waals surface area contributed by atoms with Crippen molar-refractivity contribution in [3.63, 3.8) is 0 Å². The lowest BCUT2D eigenvalue weighted by atomic mass is 10.2. The van der Waals surface area contributed by atoms with Crippen molar-refractivity contribution in [3.8, 4) is 0 Å². The average Bonchev–Trinajstić information content (AvgIpc) is 3.22. The molecular formula is C19H27BrFIN4O2. The molecule has 1 atom stereocenters. The minimum absolute atomic E-state index is 0. The molecule has 6 nitrogen and oxygen atoms in total. The molecule has 1 aromatic rings. The molecule has 0 saturated carbocycles. The molecule has 28 heavy (non-hydrogen) atoms. The molecule has 2 fully saturated rings. The molecule has 3 rings (SSSR count). The van der Waals surface area contributed by atoms with Crippen LogP contribution in [-0.2, 0) is 16.1 Å². The number of benzene rings is 1. The smallest absolute Gasteiger partial charge is 0.251 e. The number of nitrogens with one attached hydrogen (secondary N) is 1. The fourth-order valence-corrected chi connectivity index (χ4v) is 3.77. The monoisotopic (exact) mass is 568 g/mol. The second-order valence-electron chi connectivity index (χ2n) is 6.72. The van der Waals surface area contributed by atoms with Gasteiger partial charge in [-0.25, -0.2) is 9.38 Å². The van der Waals surface area contributed by atoms with E-state index in [-0.39, 0.29) is 48.3 Å². The molecular weight excluding hydrogens is 542 g/mol. The Labute approximate surface area is 191 Å². The van der Waals surface area contributed by atoms with Crippen molar-refractivity contribution in [3.05, 3.63) is 34.1 Å². The first-order valence-electron chi connectivity index (χ1n) is 9.46. The number of guanidine groups is 1. The second kappa shape index (κ2) is 11.3. The number of hydrogen-bond donors (Lipinski definition) is 1. The molecule has 2 aliphatic rings. The lowest BCUT2D eigenvalue weighted by Gasteiger charge is -2.37. The third kappa shape index (κ3) is 6.03. The highest BCUT2D eigenvalue weighted by Gasteiger charge is 2.30. The van der Waals surface area contributed by atoms with E-state index < -0.39 is 0 Å². The van der Waals surface area contributed by atoms with Crippen LogP contribution in [0.25, 0.3) is 0 Å². The van der Waals surface area contributed by atoms with E-state index in [4.69, 9.17) is 4.74 Å². The highest BCUT2D eigenvalue weighted by Crippen LogP contribution is 2.18. The number of rotatable bonds is 4. The van der Waals surface area contributed by atoms with Gasteiger partial charge in [0.1, 0.15) is 11.9 Å². The summed E-state index contributed by atoms with van der Waals surface area (Å²) in [5.74, 6) is 0.594. The van der Waals surface area contributed by atoms with Crippen LogP contribution in [0.4, 0.5) is 4.39 Å². The molecule has 2 heterocycles. The Balaban J connectivity index is 0.00000280. The maximum Gasteiger partial charge on any atom is 0.251 e. The first-order valence-corrected chi connectivity index (χ1v) is 10.3. The number of halogens is 3. The van der Waals surface area contributed by atoms with Crippen LogP contribution in [0.5, 0.6) is 0 Å². The summed E-state index contributed by atoms with van der Waals surface area (Å²) in [7, 11) is 0. The average molecular weight is 569 g/mol. The van der Waals surface area contributed by atoms with Gasteiger partial charge in [0.2, 0.25) is 0 Å². The molecule has 1 unspecified atom stereocenters. The van der Waals surface area contributed by atoms with Crippen molar-refractivity contribution in [1.82, 2.24) is 15.1 Å². The van der Waals surface area contributed by atoms with Gasteiger partial charge in [0.05, 0.1) is 6.54 Å². The highest BCUT2D eigenvalue weighted by molar-refractivity contribution is 14.0. The summed E-state index contributed by atoms with van der Waals surface area (Å²) in [6.45, 7) is 6.38. The van der Waals surface area contributed by atoms with Crippen LogP contribution in [0.1, 0.15) is 25.3 Å². The number of hydrogen-bond acceptors (Lipinski definition) is 3. The van der Waals surface area contributed by atoms with Gasteiger partial charge >= 0.3 is 0 Å². The van der Waals surface area contributed by atoms with Crippen molar-refractivity contribution in [1.29, 1.82) is 0 Å². The fraction of sp³-hybridized carbons (Fsp3) is 0.579. The topological polar surface area (TPSA) is 57.2 Å². The Bertz CT molecular complexity index is 693. The Morgan fingerprint density at radius 1 is 1.32 bits per heavy atom. The molecule has 156 valence electrons. The Morgan fingerprint density at radius 2 is 2.04 bits per heavy atom. The zero-order valence-corrected chi connectivity index (χ0v) is 19.9. The lowest BCUT2D eigenvalue weighted by molar-refractivity contribution is -0.142. The Morgan fingerprint density at radius 3 is 2.68 bits per heavy atom. The predicted octanol–water partition coefficient (Wildman–Crippen LogP) is 2.99. The van der Waals surface area contributed by atoms with Crippen LogP contribution in [0.15, 0.2) is 27.7 Å². The number of nitrogens with zero attached hydrogens (tertiary/aromatic N) is 3. The van der Waals surface area contributed by atoms with Crippen molar-refractivity contribution >= 4 is 51.8 Å². The molecule has 2 saturated heterocycles. The Hall–Kier alpha value is -0.940. The largest absolute Gasteiger partial charge is 0.368 e. The van der Waals surface area contributed by atoms with Gasteiger partial charge in [-0.3, -0.25) is 4.79 Å². The normalized spacial score (nSPS) is 20.1. The van der Waals surface area contributed by atoms with Gasteiger partial charge in [-0.2, -0.15) is 0 Å². The van der Waals surface area contributed by atoms with E-state index in [0.717, 1.165) is 29.8 Å². The SMILES string of the molecule is CCNC(=NCc1cc(Br)ccc1F)N1CCN(C(=O)C2CCCO2)CC1.I. The highest BCUT2D eigenvalue weighted by atomic mass is 127. The second-order valence-corrected chi connectivity index (χ2v) is 7.64. The van der Waals surface area contributed by atoms with E-state index in [1.54, 1.807) is 12.1 Å². The van der Waals surface area contributed by atoms with Gasteiger partial charge in [0.25, 0.3) is 5.91 Å². The van der Waals surface area contributed by atoms with Gasteiger partial charge in [-0.15, -0.1) is 24.0 Å². The van der Waals surface area contributed by atoms with Crippen molar-refractivity contribution in [2.45, 2.75) is 32.4 Å². The molecule has 0 radical (unpaired) electrons. The summed E-state index contributed by atoms with van der Waals surface area (Å²) in [6, 6.07) is 4.87. The Kier molecular flexibility index (Phi) is 9.42. The summed E-state index contributed by atoms with van der Waals surface area (Å²) in [5.41, 5.74) is 0.548. The number of amides is 1. The first-order chi connectivity index (χ1) is 13.1. The van der Waals surface area contributed by atoms with Gasteiger partial charge in [-0.05, 0) is 38.0 Å². The van der Waals surface area contributed by atoms with Crippen LogP contribution < -0.4 is 5.32 Å². The number of carbonyl (C=O) groups excluding carboxylic acids is 1. The molecule has 0 aliphatic carbocycles. The summed E-state index contributed by atoms with van der Waals surface area (Å²) in [4.78, 5) is 21.1. The number of piperazine rings is 1. The third-order valence-electron chi connectivity index (χ3n) is 4.84. The van der Waals surface area contributed by atoms with Gasteiger partial charge in [0, 0.05) is 49.4 Å². The maximum atomic E-state index is 14.0. The van der Waals surface area contributed by atoms with Crippen molar-refractivity contribution in [2.24, 2.45) is 4.99 Å². The summed E-state index contributed by atoms with van der Waals surface area (Å²) < 4.78 is 20.3. The summed E-state index contributed by atoms with van der Waals surface area (Å²) in [5, 5.41) is 3.27. The zero-order chi connectivity index (χ0) is 19.2. The van der Waals surface area contributed by atoms with E-state index in [1.807, 2.05) is 11.8 Å². The fourth-order valence-electron chi connectivity index (χ4n) is 3.37. The van der Waals surface area contributed by atoms with Gasteiger partial charge < -0.3 is 19.9 Å².